The number of fused-ring (bicyclic) bond motifs is 5. The number of unbranched alkanes of at least 4 members (excludes halogenated alkanes) is 4. The molecule has 0 N–H and O–H groups in total. The molecule has 3 aliphatic rings. The number of hydrogen-bond acceptors (Lipinski definition) is 3. The molecule has 0 unspecified atom stereocenters. The van der Waals surface area contributed by atoms with Gasteiger partial charge in [-0.25, -0.2) is 4.57 Å². The molecule has 1 heterocycles. The number of Topliss-reactive ketones (excluding diaryl/α,β-unsaturated/α-hetero) is 1. The van der Waals surface area contributed by atoms with Crippen LogP contribution in [0.25, 0.3) is 0 Å². The molecular weight excluding hydrogens is 638 g/mol. The highest BCUT2D eigenvalue weighted by molar-refractivity contribution is 7.98. The lowest BCUT2D eigenvalue weighted by Crippen LogP contribution is -3.00. The van der Waals surface area contributed by atoms with Crippen molar-refractivity contribution in [2.75, 3.05) is 6.61 Å². The lowest BCUT2D eigenvalue weighted by Gasteiger charge is -2.48. The molecule has 1 aromatic heterocycles. The molecule has 6 heteroatoms. The molecule has 3 nitrogen and oxygen atoms in total. The first-order chi connectivity index (χ1) is 20.5. The number of pyridine rings is 1. The highest BCUT2D eigenvalue weighted by Gasteiger charge is 2.54. The van der Waals surface area contributed by atoms with Crippen LogP contribution in [0.3, 0.4) is 0 Å². The van der Waals surface area contributed by atoms with Gasteiger partial charge in [-0.3, -0.25) is 4.79 Å². The van der Waals surface area contributed by atoms with Gasteiger partial charge in [0.2, 0.25) is 0 Å². The SMILES string of the molecule is C[C@]12CC[C@@H]3c4ccc(OCCCCCCC[n+]5ccc(SCc6ccc(Cl)cc6)cc5)cc4CC[C@H]3[C@@H]1CCC2=O.[Br-]. The maximum Gasteiger partial charge on any atom is 0.169 e. The number of aromatic nitrogens is 1. The molecule has 3 aliphatic carbocycles. The maximum atomic E-state index is 12.6. The minimum absolute atomic E-state index is 0. The number of carbonyl (C=O) groups excluding carboxylic acids is 1. The van der Waals surface area contributed by atoms with Crippen molar-refractivity contribution in [1.82, 2.24) is 0 Å². The summed E-state index contributed by atoms with van der Waals surface area (Å²) in [5, 5.41) is 0.790. The first-order valence-electron chi connectivity index (χ1n) is 16.1. The van der Waals surface area contributed by atoms with Crippen LogP contribution < -0.4 is 26.3 Å². The van der Waals surface area contributed by atoms with Crippen LogP contribution in [0.1, 0.15) is 93.7 Å². The Balaban J connectivity index is 0.00000368. The summed E-state index contributed by atoms with van der Waals surface area (Å²) in [5.41, 5.74) is 4.30. The standard InChI is InChI=1S/C37H45ClNO2S.BrH/c1-37-20-17-33-32-14-12-30(25-28(32)9-13-34(33)35(37)15-16-36(37)40)41-24-6-4-2-3-5-21-39-22-18-31(19-23-39)42-26-27-7-10-29(38)11-8-27;/h7-8,10-12,14,18-19,22-23,25,33-35H,2-6,9,13,15-17,20-21,24,26H2,1H3;1H/q+1;/p-1/t33-,34-,35+,37+;/m1./s1. The summed E-state index contributed by atoms with van der Waals surface area (Å²) in [6, 6.07) is 19.4. The van der Waals surface area contributed by atoms with Crippen LogP contribution >= 0.6 is 23.4 Å². The van der Waals surface area contributed by atoms with E-state index >= 15 is 0 Å². The Morgan fingerprint density at radius 2 is 1.70 bits per heavy atom. The van der Waals surface area contributed by atoms with Crippen molar-refractivity contribution in [3.8, 4) is 5.75 Å². The minimum atomic E-state index is -0.0370. The van der Waals surface area contributed by atoms with Crippen LogP contribution in [0, 0.1) is 17.3 Å². The van der Waals surface area contributed by atoms with E-state index in [4.69, 9.17) is 16.3 Å². The van der Waals surface area contributed by atoms with Crippen LogP contribution in [0.5, 0.6) is 5.75 Å². The van der Waals surface area contributed by atoms with Gasteiger partial charge in [0.1, 0.15) is 18.1 Å². The second-order valence-electron chi connectivity index (χ2n) is 13.0. The summed E-state index contributed by atoms with van der Waals surface area (Å²) in [4.78, 5) is 13.9. The molecule has 2 aromatic carbocycles. The van der Waals surface area contributed by atoms with Gasteiger partial charge in [0.25, 0.3) is 0 Å². The molecule has 230 valence electrons. The normalized spacial score (nSPS) is 24.0. The minimum Gasteiger partial charge on any atom is -1.00 e. The monoisotopic (exact) mass is 681 g/mol. The number of nitrogens with zero attached hydrogens (tertiary/aromatic N) is 1. The van der Waals surface area contributed by atoms with Gasteiger partial charge in [-0.05, 0) is 104 Å². The molecule has 4 atom stereocenters. The zero-order valence-electron chi connectivity index (χ0n) is 25.4. The molecule has 0 spiro atoms. The van der Waals surface area contributed by atoms with E-state index in [-0.39, 0.29) is 22.4 Å². The Kier molecular flexibility index (Phi) is 11.3. The van der Waals surface area contributed by atoms with Gasteiger partial charge in [0.05, 0.1) is 6.61 Å². The van der Waals surface area contributed by atoms with Gasteiger partial charge in [0, 0.05) is 46.1 Å². The van der Waals surface area contributed by atoms with E-state index in [1.54, 1.807) is 5.56 Å². The predicted molar refractivity (Wildman–Crippen MR) is 172 cm³/mol. The second-order valence-corrected chi connectivity index (χ2v) is 14.5. The van der Waals surface area contributed by atoms with Crippen molar-refractivity contribution < 1.29 is 31.1 Å². The Morgan fingerprint density at radius 1 is 0.930 bits per heavy atom. The van der Waals surface area contributed by atoms with Crippen LogP contribution in [0.2, 0.25) is 5.02 Å². The zero-order chi connectivity index (χ0) is 28.9. The van der Waals surface area contributed by atoms with E-state index in [0.717, 1.165) is 61.8 Å². The van der Waals surface area contributed by atoms with Gasteiger partial charge >= 0.3 is 0 Å². The summed E-state index contributed by atoms with van der Waals surface area (Å²) >= 11 is 7.84. The smallest absolute Gasteiger partial charge is 0.169 e. The van der Waals surface area contributed by atoms with E-state index in [9.17, 15) is 4.79 Å². The lowest BCUT2D eigenvalue weighted by molar-refractivity contribution is -0.697. The summed E-state index contributed by atoms with van der Waals surface area (Å²) in [6.07, 6.45) is 17.0. The van der Waals surface area contributed by atoms with Gasteiger partial charge in [-0.15, -0.1) is 11.8 Å². The van der Waals surface area contributed by atoms with Gasteiger partial charge in [0.15, 0.2) is 12.4 Å². The van der Waals surface area contributed by atoms with Gasteiger partial charge in [-0.1, -0.05) is 49.6 Å². The number of ether oxygens (including phenoxy) is 1. The highest BCUT2D eigenvalue weighted by Crippen LogP contribution is 2.59. The van der Waals surface area contributed by atoms with Gasteiger partial charge in [-0.2, -0.15) is 0 Å². The molecule has 2 saturated carbocycles. The zero-order valence-corrected chi connectivity index (χ0v) is 28.6. The number of halogens is 2. The molecule has 2 fully saturated rings. The van der Waals surface area contributed by atoms with Crippen molar-refractivity contribution in [2.24, 2.45) is 17.3 Å². The second kappa shape index (κ2) is 15.0. The number of ketones is 1. The quantitative estimate of drug-likeness (QED) is 0.126. The largest absolute Gasteiger partial charge is 1.00 e. The van der Waals surface area contributed by atoms with E-state index < -0.39 is 0 Å². The van der Waals surface area contributed by atoms with Crippen LogP contribution in [-0.4, -0.2) is 12.4 Å². The number of hydrogen-bond donors (Lipinski definition) is 0. The Bertz CT molecular complexity index is 1360. The average molecular weight is 683 g/mol. The summed E-state index contributed by atoms with van der Waals surface area (Å²) < 4.78 is 8.49. The van der Waals surface area contributed by atoms with Gasteiger partial charge < -0.3 is 21.7 Å². The third-order valence-electron chi connectivity index (χ3n) is 10.4. The Hall–Kier alpha value is -1.82. The third-order valence-corrected chi connectivity index (χ3v) is 11.8. The molecule has 0 saturated heterocycles. The topological polar surface area (TPSA) is 30.2 Å². The molecule has 3 aromatic rings. The van der Waals surface area contributed by atoms with E-state index in [1.165, 1.54) is 54.5 Å². The molecular formula is C37H45BrClNO2S. The first kappa shape index (κ1) is 32.6. The summed E-state index contributed by atoms with van der Waals surface area (Å²) in [6.45, 7) is 4.14. The molecule has 43 heavy (non-hydrogen) atoms. The van der Waals surface area contributed by atoms with E-state index in [0.29, 0.717) is 23.5 Å². The third kappa shape index (κ3) is 7.71. The number of benzene rings is 2. The summed E-state index contributed by atoms with van der Waals surface area (Å²) in [7, 11) is 0. The predicted octanol–water partition coefficient (Wildman–Crippen LogP) is 6.38. The van der Waals surface area contributed by atoms with Crippen molar-refractivity contribution in [3.05, 3.63) is 88.7 Å². The average Bonchev–Trinajstić information content (AvgIpc) is 3.32. The molecule has 0 radical (unpaired) electrons. The molecule has 0 amide bonds. The number of aryl methyl sites for hydroxylation is 2. The van der Waals surface area contributed by atoms with Crippen molar-refractivity contribution in [1.29, 1.82) is 0 Å². The fraction of sp³-hybridized carbons (Fsp3) is 0.514. The highest BCUT2D eigenvalue weighted by atomic mass is 79.9. The van der Waals surface area contributed by atoms with Crippen molar-refractivity contribution in [3.63, 3.8) is 0 Å². The van der Waals surface area contributed by atoms with E-state index in [2.05, 4.69) is 66.3 Å². The Labute approximate surface area is 277 Å². The lowest BCUT2D eigenvalue weighted by atomic mass is 9.55. The van der Waals surface area contributed by atoms with E-state index in [1.807, 2.05) is 23.9 Å². The fourth-order valence-electron chi connectivity index (χ4n) is 7.97. The summed E-state index contributed by atoms with van der Waals surface area (Å²) in [5.74, 6) is 4.46. The first-order valence-corrected chi connectivity index (χ1v) is 17.5. The van der Waals surface area contributed by atoms with Crippen LogP contribution in [0.4, 0.5) is 0 Å². The number of thioether (sulfide) groups is 1. The fourth-order valence-corrected chi connectivity index (χ4v) is 8.94. The molecule has 0 bridgehead atoms. The van der Waals surface area contributed by atoms with Crippen LogP contribution in [-0.2, 0) is 23.5 Å². The molecule has 0 aliphatic heterocycles. The molecule has 6 rings (SSSR count). The Morgan fingerprint density at radius 3 is 2.51 bits per heavy atom. The van der Waals surface area contributed by atoms with Crippen molar-refractivity contribution in [2.45, 2.75) is 101 Å². The van der Waals surface area contributed by atoms with Crippen LogP contribution in [0.15, 0.2) is 71.9 Å². The van der Waals surface area contributed by atoms with Crippen molar-refractivity contribution >= 4 is 29.1 Å². The maximum absolute atomic E-state index is 12.6. The number of carbonyl (C=O) groups is 1. The number of rotatable bonds is 12.